The van der Waals surface area contributed by atoms with E-state index in [4.69, 9.17) is 5.11 Å². The van der Waals surface area contributed by atoms with E-state index in [-0.39, 0.29) is 0 Å². The Kier molecular flexibility index (Phi) is 35.9. The van der Waals surface area contributed by atoms with Crippen LogP contribution in [0.2, 0.25) is 0 Å². The molecule has 0 aromatic carbocycles. The van der Waals surface area contributed by atoms with Crippen LogP contribution in [0.25, 0.3) is 0 Å². The molecule has 38 heavy (non-hydrogen) atoms. The average molecular weight is 533 g/mol. The minimum absolute atomic E-state index is 0.372. The van der Waals surface area contributed by atoms with Crippen molar-refractivity contribution in [1.82, 2.24) is 0 Å². The Morgan fingerprint density at radius 2 is 0.500 bits per heavy atom. The van der Waals surface area contributed by atoms with Gasteiger partial charge in [0.05, 0.1) is 0 Å². The van der Waals surface area contributed by atoms with Crippen LogP contribution in [0.3, 0.4) is 0 Å². The quantitative estimate of drug-likeness (QED) is 0.0658. The van der Waals surface area contributed by atoms with Crippen molar-refractivity contribution in [2.24, 2.45) is 0 Å². The molecule has 226 valence electrons. The molecule has 0 unspecified atom stereocenters. The molecule has 0 saturated heterocycles. The van der Waals surface area contributed by atoms with Gasteiger partial charge in [-0.15, -0.1) is 0 Å². The van der Waals surface area contributed by atoms with E-state index in [1.807, 2.05) is 0 Å². The van der Waals surface area contributed by atoms with E-state index in [0.717, 1.165) is 6.42 Å². The van der Waals surface area contributed by atoms with Gasteiger partial charge in [-0.05, 0) is 51.4 Å². The van der Waals surface area contributed by atoms with Crippen molar-refractivity contribution < 1.29 is 5.11 Å². The Morgan fingerprint density at radius 1 is 0.289 bits per heavy atom. The number of aliphatic hydroxyl groups is 1. The molecule has 1 heteroatoms. The highest BCUT2D eigenvalue weighted by molar-refractivity contribution is 4.82. The van der Waals surface area contributed by atoms with E-state index in [2.05, 4.69) is 31.2 Å². The first-order valence-electron chi connectivity index (χ1n) is 17.8. The maximum atomic E-state index is 8.78. The maximum absolute atomic E-state index is 8.78. The van der Waals surface area contributed by atoms with Crippen molar-refractivity contribution in [3.63, 3.8) is 0 Å². The summed E-state index contributed by atoms with van der Waals surface area (Å²) in [5, 5.41) is 8.78. The first-order valence-corrected chi connectivity index (χ1v) is 17.8. The van der Waals surface area contributed by atoms with Crippen LogP contribution in [-0.4, -0.2) is 11.7 Å². The fourth-order valence-electron chi connectivity index (χ4n) is 5.40. The molecule has 0 fully saturated rings. The van der Waals surface area contributed by atoms with Crippen molar-refractivity contribution >= 4 is 0 Å². The molecule has 1 nitrogen and oxygen atoms in total. The normalized spacial score (nSPS) is 11.9. The molecule has 0 amide bonds. The standard InChI is InChI=1S/C37H72O/c1-2-3-4-5-6-7-8-9-10-11-12-13-14-15-16-17-18-19-20-21-22-23-24-25-26-27-28-29-30-31-32-33-34-35-36-37-38/h5-6,14-15,38H,2-4,7-13,16-37H2,1H3/b6-5+,15-14+. The van der Waals surface area contributed by atoms with Crippen LogP contribution < -0.4 is 0 Å². The van der Waals surface area contributed by atoms with Gasteiger partial charge in [-0.1, -0.05) is 179 Å². The minimum Gasteiger partial charge on any atom is -0.396 e. The topological polar surface area (TPSA) is 20.2 Å². The second-order valence-electron chi connectivity index (χ2n) is 12.0. The molecule has 0 atom stereocenters. The van der Waals surface area contributed by atoms with E-state index >= 15 is 0 Å². The molecule has 0 aliphatic heterocycles. The summed E-state index contributed by atoms with van der Waals surface area (Å²) >= 11 is 0. The molecular weight excluding hydrogens is 460 g/mol. The summed E-state index contributed by atoms with van der Waals surface area (Å²) in [4.78, 5) is 0. The van der Waals surface area contributed by atoms with Crippen LogP contribution in [0.1, 0.15) is 206 Å². The number of rotatable bonds is 33. The lowest BCUT2D eigenvalue weighted by Gasteiger charge is -2.04. The van der Waals surface area contributed by atoms with Gasteiger partial charge in [-0.3, -0.25) is 0 Å². The Hall–Kier alpha value is -0.560. The van der Waals surface area contributed by atoms with E-state index in [1.54, 1.807) is 0 Å². The molecule has 0 aliphatic rings. The third kappa shape index (κ3) is 35.4. The number of unbranched alkanes of at least 4 members (excludes halogenated alkanes) is 28. The van der Waals surface area contributed by atoms with Gasteiger partial charge in [0.2, 0.25) is 0 Å². The Labute approximate surface area is 241 Å². The van der Waals surface area contributed by atoms with Crippen LogP contribution >= 0.6 is 0 Å². The van der Waals surface area contributed by atoms with Crippen molar-refractivity contribution in [2.45, 2.75) is 206 Å². The van der Waals surface area contributed by atoms with Gasteiger partial charge in [0.25, 0.3) is 0 Å². The highest BCUT2D eigenvalue weighted by Gasteiger charge is 1.96. The number of hydrogen-bond acceptors (Lipinski definition) is 1. The Bertz CT molecular complexity index is 452. The van der Waals surface area contributed by atoms with Crippen LogP contribution in [0.15, 0.2) is 24.3 Å². The molecule has 0 aromatic rings. The second kappa shape index (κ2) is 36.4. The van der Waals surface area contributed by atoms with Crippen LogP contribution in [-0.2, 0) is 0 Å². The van der Waals surface area contributed by atoms with E-state index in [9.17, 15) is 0 Å². The lowest BCUT2D eigenvalue weighted by atomic mass is 10.0. The number of allylic oxidation sites excluding steroid dienone is 4. The molecule has 0 rings (SSSR count). The lowest BCUT2D eigenvalue weighted by molar-refractivity contribution is 0.282. The van der Waals surface area contributed by atoms with E-state index in [0.29, 0.717) is 6.61 Å². The fourth-order valence-corrected chi connectivity index (χ4v) is 5.40. The summed E-state index contributed by atoms with van der Waals surface area (Å²) in [6, 6.07) is 0. The zero-order valence-electron chi connectivity index (χ0n) is 26.4. The third-order valence-electron chi connectivity index (χ3n) is 8.08. The first-order chi connectivity index (χ1) is 18.9. The van der Waals surface area contributed by atoms with Crippen molar-refractivity contribution in [2.75, 3.05) is 6.61 Å². The lowest BCUT2D eigenvalue weighted by Crippen LogP contribution is -1.85. The molecule has 0 spiro atoms. The van der Waals surface area contributed by atoms with Crippen molar-refractivity contribution in [3.05, 3.63) is 24.3 Å². The predicted octanol–water partition coefficient (Wildman–Crippen LogP) is 13.2. The predicted molar refractivity (Wildman–Crippen MR) is 174 cm³/mol. The monoisotopic (exact) mass is 533 g/mol. The smallest absolute Gasteiger partial charge is 0.0431 e. The molecule has 0 radical (unpaired) electrons. The molecule has 0 heterocycles. The van der Waals surface area contributed by atoms with Crippen LogP contribution in [0.4, 0.5) is 0 Å². The van der Waals surface area contributed by atoms with Gasteiger partial charge < -0.3 is 5.11 Å². The summed E-state index contributed by atoms with van der Waals surface area (Å²) in [6.45, 7) is 2.64. The molecule has 0 aromatic heterocycles. The number of aliphatic hydroxyl groups excluding tert-OH is 1. The highest BCUT2D eigenvalue weighted by Crippen LogP contribution is 2.15. The summed E-state index contributed by atoms with van der Waals surface area (Å²) in [7, 11) is 0. The fraction of sp³-hybridized carbons (Fsp3) is 0.892. The van der Waals surface area contributed by atoms with Gasteiger partial charge in [0.15, 0.2) is 0 Å². The molecule has 0 saturated carbocycles. The largest absolute Gasteiger partial charge is 0.396 e. The Balaban J connectivity index is 3.09. The molecule has 1 N–H and O–H groups in total. The van der Waals surface area contributed by atoms with Crippen LogP contribution in [0.5, 0.6) is 0 Å². The minimum atomic E-state index is 0.372. The van der Waals surface area contributed by atoms with Gasteiger partial charge in [-0.2, -0.15) is 0 Å². The molecule has 0 aliphatic carbocycles. The van der Waals surface area contributed by atoms with Gasteiger partial charge in [0, 0.05) is 6.61 Å². The highest BCUT2D eigenvalue weighted by atomic mass is 16.2. The summed E-state index contributed by atoms with van der Waals surface area (Å²) in [5.74, 6) is 0. The summed E-state index contributed by atoms with van der Waals surface area (Å²) in [5.41, 5.74) is 0. The SMILES string of the molecule is CCCC/C=C/CCCCCCC/C=C/CCCCCCCCCCCCCCCCCCCCCCO. The Morgan fingerprint density at radius 3 is 0.737 bits per heavy atom. The number of hydrogen-bond donors (Lipinski definition) is 1. The van der Waals surface area contributed by atoms with E-state index in [1.165, 1.54) is 193 Å². The van der Waals surface area contributed by atoms with Gasteiger partial charge >= 0.3 is 0 Å². The third-order valence-corrected chi connectivity index (χ3v) is 8.08. The van der Waals surface area contributed by atoms with Crippen molar-refractivity contribution in [3.8, 4) is 0 Å². The second-order valence-corrected chi connectivity index (χ2v) is 12.0. The average Bonchev–Trinajstić information content (AvgIpc) is 2.93. The van der Waals surface area contributed by atoms with E-state index < -0.39 is 0 Å². The molecular formula is C37H72O. The van der Waals surface area contributed by atoms with Gasteiger partial charge in [-0.25, -0.2) is 0 Å². The summed E-state index contributed by atoms with van der Waals surface area (Å²) < 4.78 is 0. The van der Waals surface area contributed by atoms with Gasteiger partial charge in [0.1, 0.15) is 0 Å². The van der Waals surface area contributed by atoms with Crippen LogP contribution in [0, 0.1) is 0 Å². The zero-order chi connectivity index (χ0) is 27.5. The maximum Gasteiger partial charge on any atom is 0.0431 e. The zero-order valence-corrected chi connectivity index (χ0v) is 26.4. The van der Waals surface area contributed by atoms with Crippen molar-refractivity contribution in [1.29, 1.82) is 0 Å². The molecule has 0 bridgehead atoms. The summed E-state index contributed by atoms with van der Waals surface area (Å²) in [6.07, 6.45) is 52.6. The first kappa shape index (κ1) is 37.4.